The van der Waals surface area contributed by atoms with E-state index in [2.05, 4.69) is 15.9 Å². The SMILES string of the molecule is CN(CC(=O)O)C1CCCN(C(=O)c2ccc(Br)c(F)c2)CC1. The second-order valence-electron chi connectivity index (χ2n) is 5.81. The van der Waals surface area contributed by atoms with Crippen LogP contribution in [0.15, 0.2) is 22.7 Å². The highest BCUT2D eigenvalue weighted by atomic mass is 79.9. The molecular formula is C16H20BrFN2O3. The second kappa shape index (κ2) is 7.88. The average Bonchev–Trinajstić information content (AvgIpc) is 2.74. The van der Waals surface area contributed by atoms with Gasteiger partial charge in [0.05, 0.1) is 11.0 Å². The van der Waals surface area contributed by atoms with Crippen molar-refractivity contribution in [2.75, 3.05) is 26.7 Å². The summed E-state index contributed by atoms with van der Waals surface area (Å²) in [7, 11) is 1.79. The molecule has 0 aromatic heterocycles. The lowest BCUT2D eigenvalue weighted by Gasteiger charge is -2.25. The molecule has 1 unspecified atom stereocenters. The van der Waals surface area contributed by atoms with Gasteiger partial charge in [0.1, 0.15) is 5.82 Å². The van der Waals surface area contributed by atoms with Crippen LogP contribution in [0.25, 0.3) is 0 Å². The molecule has 1 fully saturated rings. The fourth-order valence-corrected chi connectivity index (χ4v) is 3.12. The Morgan fingerprint density at radius 2 is 2.13 bits per heavy atom. The Bertz CT molecular complexity index is 597. The quantitative estimate of drug-likeness (QED) is 0.863. The third kappa shape index (κ3) is 4.75. The molecule has 1 amide bonds. The van der Waals surface area contributed by atoms with Gasteiger partial charge in [0.2, 0.25) is 0 Å². The summed E-state index contributed by atoms with van der Waals surface area (Å²) < 4.78 is 13.9. The second-order valence-corrected chi connectivity index (χ2v) is 6.67. The Morgan fingerprint density at radius 1 is 1.39 bits per heavy atom. The van der Waals surface area contributed by atoms with Crippen LogP contribution in [0.2, 0.25) is 0 Å². The van der Waals surface area contributed by atoms with Crippen LogP contribution >= 0.6 is 15.9 Å². The Balaban J connectivity index is 2.00. The molecule has 1 heterocycles. The van der Waals surface area contributed by atoms with Crippen molar-refractivity contribution >= 4 is 27.8 Å². The number of halogens is 2. The number of carbonyl (C=O) groups is 2. The summed E-state index contributed by atoms with van der Waals surface area (Å²) in [6.07, 6.45) is 2.37. The van der Waals surface area contributed by atoms with Crippen molar-refractivity contribution in [1.82, 2.24) is 9.80 Å². The normalized spacial score (nSPS) is 18.8. The minimum absolute atomic E-state index is 0.00344. The zero-order chi connectivity index (χ0) is 17.0. The van der Waals surface area contributed by atoms with Crippen molar-refractivity contribution in [3.63, 3.8) is 0 Å². The van der Waals surface area contributed by atoms with Gasteiger partial charge < -0.3 is 10.0 Å². The molecule has 1 N–H and O–H groups in total. The first-order valence-electron chi connectivity index (χ1n) is 7.55. The third-order valence-corrected chi connectivity index (χ3v) is 4.80. The largest absolute Gasteiger partial charge is 0.480 e. The van der Waals surface area contributed by atoms with Crippen LogP contribution < -0.4 is 0 Å². The highest BCUT2D eigenvalue weighted by molar-refractivity contribution is 9.10. The minimum Gasteiger partial charge on any atom is -0.480 e. The van der Waals surface area contributed by atoms with E-state index in [1.807, 2.05) is 4.90 Å². The maximum atomic E-state index is 13.6. The smallest absolute Gasteiger partial charge is 0.317 e. The van der Waals surface area contributed by atoms with E-state index in [-0.39, 0.29) is 18.5 Å². The fourth-order valence-electron chi connectivity index (χ4n) is 2.88. The maximum Gasteiger partial charge on any atom is 0.317 e. The summed E-state index contributed by atoms with van der Waals surface area (Å²) in [4.78, 5) is 26.9. The Labute approximate surface area is 143 Å². The van der Waals surface area contributed by atoms with E-state index in [4.69, 9.17) is 5.11 Å². The fraction of sp³-hybridized carbons (Fsp3) is 0.500. The first-order chi connectivity index (χ1) is 10.9. The zero-order valence-corrected chi connectivity index (χ0v) is 14.6. The van der Waals surface area contributed by atoms with Crippen LogP contribution in [0.3, 0.4) is 0 Å². The molecule has 1 aliphatic rings. The van der Waals surface area contributed by atoms with Crippen LogP contribution in [0.5, 0.6) is 0 Å². The number of rotatable bonds is 4. The van der Waals surface area contributed by atoms with E-state index in [1.54, 1.807) is 18.0 Å². The first kappa shape index (κ1) is 17.9. The summed E-state index contributed by atoms with van der Waals surface area (Å²) >= 11 is 3.08. The monoisotopic (exact) mass is 386 g/mol. The van der Waals surface area contributed by atoms with Crippen molar-refractivity contribution in [2.24, 2.45) is 0 Å². The molecular weight excluding hydrogens is 367 g/mol. The molecule has 126 valence electrons. The zero-order valence-electron chi connectivity index (χ0n) is 13.0. The number of hydrogen-bond donors (Lipinski definition) is 1. The van der Waals surface area contributed by atoms with E-state index in [0.29, 0.717) is 29.5 Å². The average molecular weight is 387 g/mol. The summed E-state index contributed by atoms with van der Waals surface area (Å²) in [5, 5.41) is 8.88. The lowest BCUT2D eigenvalue weighted by atomic mass is 10.1. The Hall–Kier alpha value is -1.47. The van der Waals surface area contributed by atoms with Crippen molar-refractivity contribution in [2.45, 2.75) is 25.3 Å². The van der Waals surface area contributed by atoms with Gasteiger partial charge in [-0.2, -0.15) is 0 Å². The van der Waals surface area contributed by atoms with Crippen molar-refractivity contribution in [1.29, 1.82) is 0 Å². The number of hydrogen-bond acceptors (Lipinski definition) is 3. The lowest BCUT2D eigenvalue weighted by molar-refractivity contribution is -0.138. The molecule has 1 atom stereocenters. The van der Waals surface area contributed by atoms with Crippen LogP contribution in [-0.2, 0) is 4.79 Å². The summed E-state index contributed by atoms with van der Waals surface area (Å²) in [6, 6.07) is 4.52. The standard InChI is InChI=1S/C16H20BrFN2O3/c1-19(10-15(21)22)12-3-2-7-20(8-6-12)16(23)11-4-5-13(17)14(18)9-11/h4-5,9,12H,2-3,6-8,10H2,1H3,(H,21,22). The number of likely N-dealkylation sites (N-methyl/N-ethyl adjacent to an activating group) is 1. The highest BCUT2D eigenvalue weighted by Gasteiger charge is 2.24. The molecule has 1 aliphatic heterocycles. The van der Waals surface area contributed by atoms with Crippen molar-refractivity contribution < 1.29 is 19.1 Å². The van der Waals surface area contributed by atoms with E-state index in [9.17, 15) is 14.0 Å². The van der Waals surface area contributed by atoms with Crippen LogP contribution in [0.4, 0.5) is 4.39 Å². The number of carboxylic acids is 1. The molecule has 1 aromatic rings. The van der Waals surface area contributed by atoms with Gasteiger partial charge in [-0.05, 0) is 60.4 Å². The van der Waals surface area contributed by atoms with Crippen molar-refractivity contribution in [3.8, 4) is 0 Å². The van der Waals surface area contributed by atoms with Gasteiger partial charge in [-0.1, -0.05) is 0 Å². The Morgan fingerprint density at radius 3 is 2.78 bits per heavy atom. The first-order valence-corrected chi connectivity index (χ1v) is 8.34. The lowest BCUT2D eigenvalue weighted by Crippen LogP contribution is -2.37. The highest BCUT2D eigenvalue weighted by Crippen LogP contribution is 2.20. The van der Waals surface area contributed by atoms with Gasteiger partial charge in [-0.3, -0.25) is 14.5 Å². The predicted molar refractivity (Wildman–Crippen MR) is 87.9 cm³/mol. The number of carboxylic acid groups (broad SMARTS) is 1. The van der Waals surface area contributed by atoms with Crippen LogP contribution in [0.1, 0.15) is 29.6 Å². The number of benzene rings is 1. The molecule has 0 saturated carbocycles. The number of aliphatic carboxylic acids is 1. The van der Waals surface area contributed by atoms with Crippen molar-refractivity contribution in [3.05, 3.63) is 34.1 Å². The molecule has 0 spiro atoms. The van der Waals surface area contributed by atoms with E-state index < -0.39 is 11.8 Å². The topological polar surface area (TPSA) is 60.9 Å². The van der Waals surface area contributed by atoms with Gasteiger partial charge in [0, 0.05) is 24.7 Å². The molecule has 0 aliphatic carbocycles. The third-order valence-electron chi connectivity index (χ3n) is 4.16. The van der Waals surface area contributed by atoms with Crippen LogP contribution in [-0.4, -0.2) is 59.5 Å². The Kier molecular flexibility index (Phi) is 6.12. The van der Waals surface area contributed by atoms with Gasteiger partial charge in [0.15, 0.2) is 0 Å². The summed E-state index contributed by atoms with van der Waals surface area (Å²) in [5.74, 6) is -1.49. The maximum absolute atomic E-state index is 13.6. The van der Waals surface area contributed by atoms with E-state index in [0.717, 1.165) is 12.8 Å². The molecule has 5 nitrogen and oxygen atoms in total. The molecule has 0 bridgehead atoms. The van der Waals surface area contributed by atoms with Gasteiger partial charge in [0.25, 0.3) is 5.91 Å². The molecule has 7 heteroatoms. The van der Waals surface area contributed by atoms with Gasteiger partial charge >= 0.3 is 5.97 Å². The number of carbonyl (C=O) groups excluding carboxylic acids is 1. The van der Waals surface area contributed by atoms with Gasteiger partial charge in [-0.25, -0.2) is 4.39 Å². The molecule has 1 aromatic carbocycles. The predicted octanol–water partition coefficient (Wildman–Crippen LogP) is 2.60. The molecule has 1 saturated heterocycles. The number of likely N-dealkylation sites (tertiary alicyclic amines) is 1. The summed E-state index contributed by atoms with van der Waals surface area (Å²) in [6.45, 7) is 1.15. The molecule has 2 rings (SSSR count). The number of nitrogens with zero attached hydrogens (tertiary/aromatic N) is 2. The molecule has 23 heavy (non-hydrogen) atoms. The van der Waals surface area contributed by atoms with Gasteiger partial charge in [-0.15, -0.1) is 0 Å². The molecule has 0 radical (unpaired) electrons. The summed E-state index contributed by atoms with van der Waals surface area (Å²) in [5.41, 5.74) is 0.336. The number of amides is 1. The van der Waals surface area contributed by atoms with Crippen LogP contribution in [0, 0.1) is 5.82 Å². The minimum atomic E-state index is -0.852. The van der Waals surface area contributed by atoms with E-state index >= 15 is 0 Å². The van der Waals surface area contributed by atoms with E-state index in [1.165, 1.54) is 12.1 Å².